The van der Waals surface area contributed by atoms with Gasteiger partial charge in [0.1, 0.15) is 11.5 Å². The zero-order valence-electron chi connectivity index (χ0n) is 18.2. The highest BCUT2D eigenvalue weighted by Crippen LogP contribution is 2.30. The first-order chi connectivity index (χ1) is 14.6. The average molecular weight is 438 g/mol. The van der Waals surface area contributed by atoms with Crippen molar-refractivity contribution in [3.8, 4) is 11.5 Å². The van der Waals surface area contributed by atoms with E-state index in [0.29, 0.717) is 17.0 Å². The molecule has 31 heavy (non-hydrogen) atoms. The first-order valence-corrected chi connectivity index (χ1v) is 11.6. The zero-order chi connectivity index (χ0) is 22.6. The van der Waals surface area contributed by atoms with Gasteiger partial charge >= 0.3 is 0 Å². The number of benzene rings is 3. The van der Waals surface area contributed by atoms with Gasteiger partial charge in [-0.3, -0.25) is 9.52 Å². The normalized spacial score (nSPS) is 11.7. The van der Waals surface area contributed by atoms with Gasteiger partial charge < -0.3 is 4.74 Å². The summed E-state index contributed by atoms with van der Waals surface area (Å²) in [6.07, 6.45) is 1.05. The number of ketones is 1. The maximum absolute atomic E-state index is 12.6. The van der Waals surface area contributed by atoms with Crippen molar-refractivity contribution in [1.82, 2.24) is 0 Å². The molecule has 0 aromatic heterocycles. The Morgan fingerprint density at radius 2 is 1.39 bits per heavy atom. The highest BCUT2D eigenvalue weighted by Gasteiger charge is 2.18. The number of nitrogens with one attached hydrogen (secondary N) is 1. The molecule has 6 heteroatoms. The number of sulfonamides is 1. The molecule has 0 aliphatic rings. The molecule has 0 aliphatic heterocycles. The van der Waals surface area contributed by atoms with E-state index in [1.54, 1.807) is 24.3 Å². The highest BCUT2D eigenvalue weighted by atomic mass is 32.2. The van der Waals surface area contributed by atoms with E-state index in [1.165, 1.54) is 36.8 Å². The highest BCUT2D eigenvalue weighted by molar-refractivity contribution is 7.92. The Hall–Kier alpha value is -3.12. The van der Waals surface area contributed by atoms with Crippen LogP contribution in [0.15, 0.2) is 77.7 Å². The Bertz CT molecular complexity index is 1150. The summed E-state index contributed by atoms with van der Waals surface area (Å²) in [4.78, 5) is 11.4. The van der Waals surface area contributed by atoms with Crippen LogP contribution in [-0.4, -0.2) is 14.2 Å². The molecule has 0 spiro atoms. The number of carbonyl (C=O) groups is 1. The van der Waals surface area contributed by atoms with Crippen LogP contribution in [0, 0.1) is 0 Å². The number of hydrogen-bond donors (Lipinski definition) is 1. The first-order valence-electron chi connectivity index (χ1n) is 10.1. The predicted octanol–water partition coefficient (Wildman–Crippen LogP) is 6.17. The molecule has 0 bridgehead atoms. The topological polar surface area (TPSA) is 72.5 Å². The summed E-state index contributed by atoms with van der Waals surface area (Å²) in [6, 6.07) is 20.6. The molecular formula is C25H27NO4S. The van der Waals surface area contributed by atoms with Crippen LogP contribution in [0.5, 0.6) is 11.5 Å². The van der Waals surface area contributed by atoms with Crippen LogP contribution >= 0.6 is 0 Å². The van der Waals surface area contributed by atoms with E-state index in [4.69, 9.17) is 4.74 Å². The Labute approximate surface area is 184 Å². The molecule has 3 aromatic rings. The van der Waals surface area contributed by atoms with Crippen LogP contribution in [-0.2, 0) is 15.4 Å². The van der Waals surface area contributed by atoms with E-state index >= 15 is 0 Å². The Morgan fingerprint density at radius 1 is 0.871 bits per heavy atom. The van der Waals surface area contributed by atoms with Crippen molar-refractivity contribution in [2.24, 2.45) is 0 Å². The number of carbonyl (C=O) groups excluding carboxylic acids is 1. The van der Waals surface area contributed by atoms with Crippen LogP contribution in [0.4, 0.5) is 5.69 Å². The molecule has 162 valence electrons. The molecule has 3 aromatic carbocycles. The van der Waals surface area contributed by atoms with E-state index < -0.39 is 10.0 Å². The lowest BCUT2D eigenvalue weighted by atomic mass is 9.82. The summed E-state index contributed by atoms with van der Waals surface area (Å²) in [7, 11) is -3.75. The molecule has 5 nitrogen and oxygen atoms in total. The van der Waals surface area contributed by atoms with Gasteiger partial charge in [0.15, 0.2) is 5.78 Å². The third-order valence-electron chi connectivity index (χ3n) is 5.43. The van der Waals surface area contributed by atoms with Gasteiger partial charge in [0.05, 0.1) is 4.90 Å². The fourth-order valence-electron chi connectivity index (χ4n) is 2.99. The summed E-state index contributed by atoms with van der Waals surface area (Å²) in [5.41, 5.74) is 2.25. The van der Waals surface area contributed by atoms with Gasteiger partial charge in [-0.15, -0.1) is 0 Å². The number of hydrogen-bond acceptors (Lipinski definition) is 4. The number of ether oxygens (including phenoxy) is 1. The van der Waals surface area contributed by atoms with E-state index in [9.17, 15) is 13.2 Å². The fraction of sp³-hybridized carbons (Fsp3) is 0.240. The molecule has 0 atom stereocenters. The first kappa shape index (κ1) is 22.6. The quantitative estimate of drug-likeness (QED) is 0.428. The monoisotopic (exact) mass is 437 g/mol. The van der Waals surface area contributed by atoms with Gasteiger partial charge in [0.25, 0.3) is 10.0 Å². The third-order valence-corrected chi connectivity index (χ3v) is 6.83. The smallest absolute Gasteiger partial charge is 0.261 e. The van der Waals surface area contributed by atoms with E-state index in [2.05, 4.69) is 37.6 Å². The van der Waals surface area contributed by atoms with E-state index in [1.807, 2.05) is 12.1 Å². The zero-order valence-corrected chi connectivity index (χ0v) is 19.0. The van der Waals surface area contributed by atoms with Gasteiger partial charge in [-0.25, -0.2) is 8.42 Å². The molecule has 1 N–H and O–H groups in total. The maximum atomic E-state index is 12.6. The lowest BCUT2D eigenvalue weighted by Crippen LogP contribution is -2.14. The SMILES string of the molecule is CCC(C)(C)c1ccc(Oc2ccc(NS(=O)(=O)c3ccc(C(C)=O)cc3)cc2)cc1. The maximum Gasteiger partial charge on any atom is 0.261 e. The van der Waals surface area contributed by atoms with Crippen molar-refractivity contribution < 1.29 is 17.9 Å². The fourth-order valence-corrected chi connectivity index (χ4v) is 4.05. The molecule has 0 saturated carbocycles. The molecule has 0 aliphatic carbocycles. The van der Waals surface area contributed by atoms with Gasteiger partial charge in [-0.1, -0.05) is 45.0 Å². The molecule has 0 saturated heterocycles. The van der Waals surface area contributed by atoms with Crippen molar-refractivity contribution in [1.29, 1.82) is 0 Å². The van der Waals surface area contributed by atoms with Crippen LogP contribution in [0.25, 0.3) is 0 Å². The molecule has 0 fully saturated rings. The molecule has 0 unspecified atom stereocenters. The van der Waals surface area contributed by atoms with Gasteiger partial charge in [-0.05, 0) is 72.9 Å². The van der Waals surface area contributed by atoms with Crippen LogP contribution < -0.4 is 9.46 Å². The second-order valence-electron chi connectivity index (χ2n) is 8.07. The minimum absolute atomic E-state index is 0.0907. The van der Waals surface area contributed by atoms with Crippen LogP contribution in [0.2, 0.25) is 0 Å². The summed E-state index contributed by atoms with van der Waals surface area (Å²) in [6.45, 7) is 8.02. The van der Waals surface area contributed by atoms with Crippen molar-refractivity contribution in [2.45, 2.75) is 44.4 Å². The lowest BCUT2D eigenvalue weighted by Gasteiger charge is -2.23. The Morgan fingerprint density at radius 3 is 1.87 bits per heavy atom. The minimum atomic E-state index is -3.75. The number of anilines is 1. The molecule has 0 radical (unpaired) electrons. The van der Waals surface area contributed by atoms with E-state index in [0.717, 1.165) is 12.2 Å². The molecule has 0 amide bonds. The largest absolute Gasteiger partial charge is 0.457 e. The Kier molecular flexibility index (Phi) is 6.51. The Balaban J connectivity index is 1.68. The molecule has 0 heterocycles. The summed E-state index contributed by atoms with van der Waals surface area (Å²) in [5, 5.41) is 0. The molecule has 3 rings (SSSR count). The minimum Gasteiger partial charge on any atom is -0.457 e. The second kappa shape index (κ2) is 8.94. The summed E-state index contributed by atoms with van der Waals surface area (Å²) in [5.74, 6) is 1.21. The third kappa shape index (κ3) is 5.52. The van der Waals surface area contributed by atoms with Crippen molar-refractivity contribution in [3.05, 3.63) is 83.9 Å². The van der Waals surface area contributed by atoms with Crippen LogP contribution in [0.1, 0.15) is 50.0 Å². The van der Waals surface area contributed by atoms with Gasteiger partial charge in [0.2, 0.25) is 0 Å². The lowest BCUT2D eigenvalue weighted by molar-refractivity contribution is 0.101. The summed E-state index contributed by atoms with van der Waals surface area (Å²) < 4.78 is 33.6. The number of Topliss-reactive ketones (excluding diaryl/α,β-unsaturated/α-hetero) is 1. The van der Waals surface area contributed by atoms with Crippen molar-refractivity contribution in [3.63, 3.8) is 0 Å². The second-order valence-corrected chi connectivity index (χ2v) is 9.76. The van der Waals surface area contributed by atoms with Crippen molar-refractivity contribution in [2.75, 3.05) is 4.72 Å². The van der Waals surface area contributed by atoms with E-state index in [-0.39, 0.29) is 16.1 Å². The standard InChI is InChI=1S/C25H27NO4S/c1-5-25(3,4)20-8-12-22(13-9-20)30-23-14-10-21(11-15-23)26-31(28,29)24-16-6-19(7-17-24)18(2)27/h6-17,26H,5H2,1-4H3. The van der Waals surface area contributed by atoms with Crippen LogP contribution in [0.3, 0.4) is 0 Å². The van der Waals surface area contributed by atoms with Gasteiger partial charge in [-0.2, -0.15) is 0 Å². The van der Waals surface area contributed by atoms with Crippen molar-refractivity contribution >= 4 is 21.5 Å². The summed E-state index contributed by atoms with van der Waals surface area (Å²) >= 11 is 0. The molecular weight excluding hydrogens is 410 g/mol. The van der Waals surface area contributed by atoms with Gasteiger partial charge in [0, 0.05) is 11.3 Å². The average Bonchev–Trinajstić information content (AvgIpc) is 2.75. The predicted molar refractivity (Wildman–Crippen MR) is 124 cm³/mol. The number of rotatable bonds is 8.